The van der Waals surface area contributed by atoms with E-state index in [4.69, 9.17) is 0 Å². The molecule has 0 aliphatic heterocycles. The summed E-state index contributed by atoms with van der Waals surface area (Å²) < 4.78 is 13.3. The molecule has 3 heteroatoms. The first-order valence-electron chi connectivity index (χ1n) is 6.44. The summed E-state index contributed by atoms with van der Waals surface area (Å²) in [5, 5.41) is 2.93. The van der Waals surface area contributed by atoms with Crippen LogP contribution in [0.3, 0.4) is 0 Å². The number of fused-ring (bicyclic) bond motifs is 1. The van der Waals surface area contributed by atoms with E-state index in [9.17, 15) is 9.18 Å². The second-order valence-electron chi connectivity index (χ2n) is 5.29. The molecule has 1 saturated carbocycles. The van der Waals surface area contributed by atoms with Crippen LogP contribution in [0, 0.1) is 5.82 Å². The minimum atomic E-state index is -0.239. The van der Waals surface area contributed by atoms with Gasteiger partial charge in [-0.05, 0) is 54.0 Å². The van der Waals surface area contributed by atoms with Crippen molar-refractivity contribution in [2.45, 2.75) is 38.1 Å². The van der Waals surface area contributed by atoms with E-state index < -0.39 is 0 Å². The van der Waals surface area contributed by atoms with Crippen LogP contribution >= 0.6 is 0 Å². The summed E-state index contributed by atoms with van der Waals surface area (Å²) in [5.41, 5.74) is 2.99. The van der Waals surface area contributed by atoms with Gasteiger partial charge in [-0.25, -0.2) is 4.39 Å². The van der Waals surface area contributed by atoms with Crippen LogP contribution in [0.1, 0.15) is 43.2 Å². The molecule has 3 rings (SSSR count). The number of carbonyl (C=O) groups is 1. The Hall–Kier alpha value is -1.64. The van der Waals surface area contributed by atoms with Crippen LogP contribution in [0.4, 0.5) is 4.39 Å². The zero-order valence-corrected chi connectivity index (χ0v) is 10.4. The molecular formula is C15H16FNO. The van der Waals surface area contributed by atoms with Crippen molar-refractivity contribution in [1.82, 2.24) is 5.32 Å². The lowest BCUT2D eigenvalue weighted by atomic mass is 10.0. The molecule has 1 fully saturated rings. The molecule has 1 N–H and O–H groups in total. The van der Waals surface area contributed by atoms with Gasteiger partial charge in [-0.15, -0.1) is 0 Å². The van der Waals surface area contributed by atoms with Gasteiger partial charge in [0.15, 0.2) is 0 Å². The van der Waals surface area contributed by atoms with Crippen molar-refractivity contribution >= 4 is 11.5 Å². The fourth-order valence-corrected chi connectivity index (χ4v) is 2.55. The Bertz CT molecular complexity index is 531. The molecule has 0 spiro atoms. The Labute approximate surface area is 106 Å². The molecule has 1 unspecified atom stereocenters. The topological polar surface area (TPSA) is 29.1 Å². The van der Waals surface area contributed by atoms with Gasteiger partial charge in [0, 0.05) is 12.1 Å². The molecule has 0 saturated heterocycles. The normalized spacial score (nSPS) is 24.1. The summed E-state index contributed by atoms with van der Waals surface area (Å²) in [6.07, 6.45) is 4.62. The Balaban J connectivity index is 1.88. The monoisotopic (exact) mass is 245 g/mol. The smallest absolute Gasteiger partial charge is 0.244 e. The molecule has 2 aliphatic rings. The van der Waals surface area contributed by atoms with E-state index in [1.165, 1.54) is 12.1 Å². The quantitative estimate of drug-likeness (QED) is 0.797. The van der Waals surface area contributed by atoms with Crippen molar-refractivity contribution in [3.8, 4) is 0 Å². The van der Waals surface area contributed by atoms with Crippen LogP contribution in [0.15, 0.2) is 24.3 Å². The Morgan fingerprint density at radius 1 is 1.44 bits per heavy atom. The summed E-state index contributed by atoms with van der Waals surface area (Å²) in [4.78, 5) is 11.8. The summed E-state index contributed by atoms with van der Waals surface area (Å²) in [7, 11) is 0. The molecule has 18 heavy (non-hydrogen) atoms. The van der Waals surface area contributed by atoms with Crippen molar-refractivity contribution in [3.05, 3.63) is 41.2 Å². The number of amides is 1. The summed E-state index contributed by atoms with van der Waals surface area (Å²) in [5.74, 6) is 0.0775. The number of nitrogens with one attached hydrogen (secondary N) is 1. The molecule has 0 radical (unpaired) electrons. The van der Waals surface area contributed by atoms with Crippen LogP contribution in [-0.4, -0.2) is 11.9 Å². The third-order valence-corrected chi connectivity index (χ3v) is 3.65. The third kappa shape index (κ3) is 2.17. The molecule has 0 aromatic heterocycles. The van der Waals surface area contributed by atoms with Crippen molar-refractivity contribution in [3.63, 3.8) is 0 Å². The van der Waals surface area contributed by atoms with Gasteiger partial charge >= 0.3 is 0 Å². The fraction of sp³-hybridized carbons (Fsp3) is 0.400. The number of hydrogen-bond acceptors (Lipinski definition) is 1. The second-order valence-corrected chi connectivity index (χ2v) is 5.29. The highest BCUT2D eigenvalue weighted by Crippen LogP contribution is 2.40. The van der Waals surface area contributed by atoms with E-state index in [0.717, 1.165) is 36.0 Å². The van der Waals surface area contributed by atoms with Crippen LogP contribution in [0.25, 0.3) is 5.57 Å². The van der Waals surface area contributed by atoms with E-state index >= 15 is 0 Å². The maximum atomic E-state index is 13.3. The highest BCUT2D eigenvalue weighted by molar-refractivity contribution is 5.96. The minimum absolute atomic E-state index is 0.0446. The van der Waals surface area contributed by atoms with Gasteiger partial charge < -0.3 is 5.32 Å². The second kappa shape index (κ2) is 4.23. The number of rotatable bonds is 2. The molecular weight excluding hydrogens is 229 g/mol. The standard InChI is InChI=1S/C15H16FNO/c1-9-6-10(7-15(18)17-12-3-4-12)14-8-11(16)2-5-13(9)14/h2,5,7-9,12H,3-4,6H2,1H3,(H,17,18)/b10-7+. The molecule has 0 bridgehead atoms. The van der Waals surface area contributed by atoms with Gasteiger partial charge in [-0.1, -0.05) is 13.0 Å². The average Bonchev–Trinajstić information content (AvgIpc) is 3.06. The maximum Gasteiger partial charge on any atom is 0.244 e. The number of halogens is 1. The Kier molecular flexibility index (Phi) is 2.69. The predicted octanol–water partition coefficient (Wildman–Crippen LogP) is 2.99. The maximum absolute atomic E-state index is 13.3. The SMILES string of the molecule is CC1C/C(=C\C(=O)NC2CC2)c2cc(F)ccc21. The number of allylic oxidation sites excluding steroid dienone is 1. The van der Waals surface area contributed by atoms with Crippen LogP contribution in [-0.2, 0) is 4.79 Å². The predicted molar refractivity (Wildman–Crippen MR) is 68.6 cm³/mol. The highest BCUT2D eigenvalue weighted by atomic mass is 19.1. The van der Waals surface area contributed by atoms with E-state index in [0.29, 0.717) is 12.0 Å². The Morgan fingerprint density at radius 2 is 2.22 bits per heavy atom. The lowest BCUT2D eigenvalue weighted by Crippen LogP contribution is -2.23. The Morgan fingerprint density at radius 3 is 2.94 bits per heavy atom. The first-order valence-corrected chi connectivity index (χ1v) is 6.44. The van der Waals surface area contributed by atoms with Crippen molar-refractivity contribution < 1.29 is 9.18 Å². The summed E-state index contributed by atoms with van der Waals surface area (Å²) >= 11 is 0. The molecule has 94 valence electrons. The molecule has 2 nitrogen and oxygen atoms in total. The third-order valence-electron chi connectivity index (χ3n) is 3.65. The lowest BCUT2D eigenvalue weighted by molar-refractivity contribution is -0.116. The molecule has 1 aromatic rings. The number of hydrogen-bond donors (Lipinski definition) is 1. The van der Waals surface area contributed by atoms with Crippen molar-refractivity contribution in [2.75, 3.05) is 0 Å². The number of benzene rings is 1. The first-order chi connectivity index (χ1) is 8.63. The molecule has 1 aromatic carbocycles. The average molecular weight is 245 g/mol. The lowest BCUT2D eigenvalue weighted by Gasteiger charge is -2.03. The van der Waals surface area contributed by atoms with Gasteiger partial charge in [0.05, 0.1) is 0 Å². The van der Waals surface area contributed by atoms with Gasteiger partial charge in [0.1, 0.15) is 5.82 Å². The molecule has 1 atom stereocenters. The van der Waals surface area contributed by atoms with Crippen LogP contribution < -0.4 is 5.32 Å². The van der Waals surface area contributed by atoms with Crippen LogP contribution in [0.2, 0.25) is 0 Å². The number of carbonyl (C=O) groups excluding carboxylic acids is 1. The highest BCUT2D eigenvalue weighted by Gasteiger charge is 2.26. The van der Waals surface area contributed by atoms with Gasteiger partial charge in [-0.2, -0.15) is 0 Å². The molecule has 1 amide bonds. The summed E-state index contributed by atoms with van der Waals surface area (Å²) in [6, 6.07) is 5.22. The van der Waals surface area contributed by atoms with Crippen LogP contribution in [0.5, 0.6) is 0 Å². The van der Waals surface area contributed by atoms with Gasteiger partial charge in [0.25, 0.3) is 0 Å². The van der Waals surface area contributed by atoms with Crippen molar-refractivity contribution in [2.24, 2.45) is 0 Å². The zero-order valence-electron chi connectivity index (χ0n) is 10.4. The summed E-state index contributed by atoms with van der Waals surface area (Å²) in [6.45, 7) is 2.11. The van der Waals surface area contributed by atoms with E-state index in [1.807, 2.05) is 6.07 Å². The van der Waals surface area contributed by atoms with E-state index in [-0.39, 0.29) is 11.7 Å². The van der Waals surface area contributed by atoms with Gasteiger partial charge in [-0.3, -0.25) is 4.79 Å². The minimum Gasteiger partial charge on any atom is -0.350 e. The molecule has 0 heterocycles. The molecule has 2 aliphatic carbocycles. The van der Waals surface area contributed by atoms with E-state index in [1.54, 1.807) is 6.08 Å². The largest absolute Gasteiger partial charge is 0.350 e. The fourth-order valence-electron chi connectivity index (χ4n) is 2.55. The zero-order chi connectivity index (χ0) is 12.7. The van der Waals surface area contributed by atoms with E-state index in [2.05, 4.69) is 12.2 Å². The van der Waals surface area contributed by atoms with Crippen molar-refractivity contribution in [1.29, 1.82) is 0 Å². The van der Waals surface area contributed by atoms with Gasteiger partial charge in [0.2, 0.25) is 5.91 Å². The first kappa shape index (κ1) is 11.5.